The number of amides is 1. The maximum atomic E-state index is 13.2. The molecule has 0 aromatic heterocycles. The van der Waals surface area contributed by atoms with Crippen LogP contribution in [0.3, 0.4) is 0 Å². The Morgan fingerprint density at radius 1 is 0.844 bits per heavy atom. The van der Waals surface area contributed by atoms with E-state index in [4.69, 9.17) is 0 Å². The largest absolute Gasteiger partial charge is 0.377 e. The Morgan fingerprint density at radius 2 is 1.41 bits per heavy atom. The highest BCUT2D eigenvalue weighted by Gasteiger charge is 2.28. The van der Waals surface area contributed by atoms with E-state index in [9.17, 15) is 4.79 Å². The van der Waals surface area contributed by atoms with Crippen molar-refractivity contribution in [2.75, 3.05) is 23.7 Å². The van der Waals surface area contributed by atoms with Gasteiger partial charge in [0.2, 0.25) is 5.91 Å². The molecule has 1 aliphatic heterocycles. The van der Waals surface area contributed by atoms with Crippen molar-refractivity contribution in [3.8, 4) is 0 Å². The van der Waals surface area contributed by atoms with Crippen LogP contribution in [0.4, 0.5) is 11.4 Å². The highest BCUT2D eigenvalue weighted by atomic mass is 16.2. The van der Waals surface area contributed by atoms with Gasteiger partial charge in [0, 0.05) is 25.6 Å². The van der Waals surface area contributed by atoms with E-state index >= 15 is 0 Å². The smallest absolute Gasteiger partial charge is 0.245 e. The van der Waals surface area contributed by atoms with Gasteiger partial charge < -0.3 is 15.5 Å². The first-order valence-corrected chi connectivity index (χ1v) is 11.5. The molecule has 0 spiro atoms. The normalized spacial score (nSPS) is 14.9. The topological polar surface area (TPSA) is 44.4 Å². The molecule has 1 heterocycles. The van der Waals surface area contributed by atoms with E-state index in [1.54, 1.807) is 0 Å². The van der Waals surface area contributed by atoms with Crippen molar-refractivity contribution in [2.45, 2.75) is 45.7 Å². The fourth-order valence-corrected chi connectivity index (χ4v) is 4.01. The van der Waals surface area contributed by atoms with Gasteiger partial charge in [-0.25, -0.2) is 0 Å². The first kappa shape index (κ1) is 21.9. The van der Waals surface area contributed by atoms with Crippen LogP contribution in [0, 0.1) is 13.8 Å². The summed E-state index contributed by atoms with van der Waals surface area (Å²) in [5.74, 6) is 0.179. The van der Waals surface area contributed by atoms with Crippen LogP contribution in [0.25, 0.3) is 0 Å². The number of carbonyl (C=O) groups excluding carboxylic acids is 1. The molecule has 1 saturated heterocycles. The highest BCUT2D eigenvalue weighted by Crippen LogP contribution is 2.28. The second-order valence-corrected chi connectivity index (χ2v) is 8.89. The van der Waals surface area contributed by atoms with Crippen molar-refractivity contribution in [3.05, 3.63) is 95.1 Å². The van der Waals surface area contributed by atoms with Crippen LogP contribution in [0.15, 0.2) is 72.8 Å². The van der Waals surface area contributed by atoms with E-state index in [2.05, 4.69) is 92.1 Å². The van der Waals surface area contributed by atoms with Crippen LogP contribution >= 0.6 is 0 Å². The van der Waals surface area contributed by atoms with E-state index in [1.807, 2.05) is 17.0 Å². The summed E-state index contributed by atoms with van der Waals surface area (Å²) < 4.78 is 0. The summed E-state index contributed by atoms with van der Waals surface area (Å²) >= 11 is 0. The molecular formula is C28H33N3O. The zero-order valence-electron chi connectivity index (χ0n) is 19.3. The number of hydrogen-bond acceptors (Lipinski definition) is 3. The van der Waals surface area contributed by atoms with Crippen molar-refractivity contribution in [2.24, 2.45) is 0 Å². The third kappa shape index (κ3) is 5.31. The van der Waals surface area contributed by atoms with Crippen molar-refractivity contribution in [1.29, 1.82) is 0 Å². The van der Waals surface area contributed by atoms with E-state index in [0.717, 1.165) is 30.9 Å². The van der Waals surface area contributed by atoms with Crippen LogP contribution < -0.4 is 10.6 Å². The minimum atomic E-state index is -0.296. The Kier molecular flexibility index (Phi) is 6.79. The molecule has 2 unspecified atom stereocenters. The lowest BCUT2D eigenvalue weighted by molar-refractivity contribution is -0.135. The van der Waals surface area contributed by atoms with Crippen LogP contribution in [-0.2, 0) is 11.2 Å². The van der Waals surface area contributed by atoms with Gasteiger partial charge in [0.15, 0.2) is 0 Å². The minimum Gasteiger partial charge on any atom is -0.377 e. The molecule has 4 rings (SSSR count). The lowest BCUT2D eigenvalue weighted by Gasteiger charge is -2.35. The SMILES string of the molecule is Cc1ccc(CC(Nc2ccccc2NC(C)c2ccc(C)cc2)C(=O)N2CCC2)cc1. The molecule has 166 valence electrons. The fraction of sp³-hybridized carbons (Fsp3) is 0.321. The molecule has 4 nitrogen and oxygen atoms in total. The average Bonchev–Trinajstić information content (AvgIpc) is 2.75. The number of nitrogens with zero attached hydrogens (tertiary/aromatic N) is 1. The predicted octanol–water partition coefficient (Wildman–Crippen LogP) is 5.73. The second-order valence-electron chi connectivity index (χ2n) is 8.89. The van der Waals surface area contributed by atoms with Crippen LogP contribution in [-0.4, -0.2) is 29.9 Å². The number of aryl methyl sites for hydroxylation is 2. The summed E-state index contributed by atoms with van der Waals surface area (Å²) in [5, 5.41) is 7.20. The summed E-state index contributed by atoms with van der Waals surface area (Å²) in [6.07, 6.45) is 1.76. The van der Waals surface area contributed by atoms with Crippen LogP contribution in [0.2, 0.25) is 0 Å². The van der Waals surface area contributed by atoms with Gasteiger partial charge in [-0.3, -0.25) is 4.79 Å². The summed E-state index contributed by atoms with van der Waals surface area (Å²) in [6.45, 7) is 8.06. The number of hydrogen-bond donors (Lipinski definition) is 2. The maximum absolute atomic E-state index is 13.2. The molecule has 2 N–H and O–H groups in total. The van der Waals surface area contributed by atoms with Gasteiger partial charge in [0.25, 0.3) is 0 Å². The first-order valence-electron chi connectivity index (χ1n) is 11.5. The molecule has 0 bridgehead atoms. The molecule has 1 fully saturated rings. The molecule has 3 aromatic carbocycles. The number of nitrogens with one attached hydrogen (secondary N) is 2. The number of carbonyl (C=O) groups is 1. The molecule has 1 amide bonds. The summed E-state index contributed by atoms with van der Waals surface area (Å²) in [4.78, 5) is 15.2. The third-order valence-electron chi connectivity index (χ3n) is 6.23. The number of para-hydroxylation sites is 2. The van der Waals surface area contributed by atoms with Crippen LogP contribution in [0.5, 0.6) is 0 Å². The Labute approximate surface area is 191 Å². The van der Waals surface area contributed by atoms with Crippen molar-refractivity contribution >= 4 is 17.3 Å². The Balaban J connectivity index is 1.54. The summed E-state index contributed by atoms with van der Waals surface area (Å²) in [6, 6.07) is 25.1. The number of anilines is 2. The van der Waals surface area contributed by atoms with E-state index in [-0.39, 0.29) is 18.0 Å². The molecule has 3 aromatic rings. The lowest BCUT2D eigenvalue weighted by Crippen LogP contribution is -2.50. The number of likely N-dealkylation sites (tertiary alicyclic amines) is 1. The van der Waals surface area contributed by atoms with Gasteiger partial charge >= 0.3 is 0 Å². The fourth-order valence-electron chi connectivity index (χ4n) is 4.01. The van der Waals surface area contributed by atoms with Gasteiger partial charge in [0.1, 0.15) is 6.04 Å². The molecule has 32 heavy (non-hydrogen) atoms. The summed E-state index contributed by atoms with van der Waals surface area (Å²) in [5.41, 5.74) is 6.85. The third-order valence-corrected chi connectivity index (χ3v) is 6.23. The monoisotopic (exact) mass is 427 g/mol. The zero-order valence-corrected chi connectivity index (χ0v) is 19.3. The molecule has 0 radical (unpaired) electrons. The van der Waals surface area contributed by atoms with Crippen molar-refractivity contribution in [3.63, 3.8) is 0 Å². The van der Waals surface area contributed by atoms with Gasteiger partial charge in [-0.1, -0.05) is 71.8 Å². The van der Waals surface area contributed by atoms with Gasteiger partial charge in [-0.15, -0.1) is 0 Å². The Morgan fingerprint density at radius 3 is 1.97 bits per heavy atom. The Bertz CT molecular complexity index is 1040. The van der Waals surface area contributed by atoms with Gasteiger partial charge in [-0.2, -0.15) is 0 Å². The Hall–Kier alpha value is -3.27. The summed E-state index contributed by atoms with van der Waals surface area (Å²) in [7, 11) is 0. The van der Waals surface area contributed by atoms with Gasteiger partial charge in [0.05, 0.1) is 11.4 Å². The van der Waals surface area contributed by atoms with E-state index < -0.39 is 0 Å². The average molecular weight is 428 g/mol. The molecule has 4 heteroatoms. The quantitative estimate of drug-likeness (QED) is 0.482. The minimum absolute atomic E-state index is 0.153. The van der Waals surface area contributed by atoms with Gasteiger partial charge in [-0.05, 0) is 50.5 Å². The standard InChI is InChI=1S/C28H33N3O/c1-20-9-13-23(14-10-20)19-27(28(32)31-17-6-18-31)30-26-8-5-4-7-25(26)29-22(3)24-15-11-21(2)12-16-24/h4-5,7-16,22,27,29-30H,6,17-19H2,1-3H3. The molecule has 0 saturated carbocycles. The number of rotatable bonds is 8. The maximum Gasteiger partial charge on any atom is 0.245 e. The molecule has 1 aliphatic rings. The van der Waals surface area contributed by atoms with Crippen molar-refractivity contribution < 1.29 is 4.79 Å². The second kappa shape index (κ2) is 9.90. The van der Waals surface area contributed by atoms with E-state index in [1.165, 1.54) is 22.3 Å². The first-order chi connectivity index (χ1) is 15.5. The highest BCUT2D eigenvalue weighted by molar-refractivity contribution is 5.87. The van der Waals surface area contributed by atoms with E-state index in [0.29, 0.717) is 6.42 Å². The molecule has 2 atom stereocenters. The van der Waals surface area contributed by atoms with Crippen molar-refractivity contribution in [1.82, 2.24) is 4.90 Å². The number of benzene rings is 3. The predicted molar refractivity (Wildman–Crippen MR) is 133 cm³/mol. The lowest BCUT2D eigenvalue weighted by atomic mass is 10.0. The molecule has 0 aliphatic carbocycles. The molecular weight excluding hydrogens is 394 g/mol. The zero-order chi connectivity index (χ0) is 22.5. The van der Waals surface area contributed by atoms with Crippen LogP contribution in [0.1, 0.15) is 41.6 Å².